The third-order valence-electron chi connectivity index (χ3n) is 4.54. The molecule has 0 unspecified atom stereocenters. The summed E-state index contributed by atoms with van der Waals surface area (Å²) in [7, 11) is 0. The summed E-state index contributed by atoms with van der Waals surface area (Å²) in [5.41, 5.74) is -1.26. The molecule has 7 heteroatoms. The summed E-state index contributed by atoms with van der Waals surface area (Å²) in [6.07, 6.45) is 0.652. The summed E-state index contributed by atoms with van der Waals surface area (Å²) in [5.74, 6) is -2.25. The zero-order valence-electron chi connectivity index (χ0n) is 15.9. The van der Waals surface area contributed by atoms with Crippen molar-refractivity contribution in [3.63, 3.8) is 0 Å². The van der Waals surface area contributed by atoms with Crippen molar-refractivity contribution in [2.24, 2.45) is 0 Å². The van der Waals surface area contributed by atoms with Crippen LogP contribution < -0.4 is 5.32 Å². The summed E-state index contributed by atoms with van der Waals surface area (Å²) in [5, 5.41) is 2.80. The highest BCUT2D eigenvalue weighted by molar-refractivity contribution is 5.90. The van der Waals surface area contributed by atoms with Crippen molar-refractivity contribution in [1.29, 1.82) is 0 Å². The lowest BCUT2D eigenvalue weighted by Gasteiger charge is -2.35. The topological polar surface area (TPSA) is 58.6 Å². The molecule has 0 spiro atoms. The Balaban J connectivity index is 2.13. The molecule has 144 valence electrons. The Bertz CT molecular complexity index is 703. The van der Waals surface area contributed by atoms with Crippen LogP contribution in [0.15, 0.2) is 18.2 Å². The van der Waals surface area contributed by atoms with E-state index in [9.17, 15) is 18.4 Å². The fraction of sp³-hybridized carbons (Fsp3) is 0.579. The van der Waals surface area contributed by atoms with Gasteiger partial charge >= 0.3 is 6.09 Å². The van der Waals surface area contributed by atoms with E-state index in [4.69, 9.17) is 4.74 Å². The molecule has 1 aromatic carbocycles. The first-order valence-corrected chi connectivity index (χ1v) is 8.70. The van der Waals surface area contributed by atoms with Crippen LogP contribution in [0.25, 0.3) is 0 Å². The van der Waals surface area contributed by atoms with Crippen molar-refractivity contribution in [3.8, 4) is 0 Å². The first-order chi connectivity index (χ1) is 11.9. The Hall–Kier alpha value is -2.18. The van der Waals surface area contributed by atoms with Gasteiger partial charge in [-0.3, -0.25) is 9.69 Å². The van der Waals surface area contributed by atoms with E-state index >= 15 is 0 Å². The fourth-order valence-corrected chi connectivity index (χ4v) is 3.03. The van der Waals surface area contributed by atoms with Gasteiger partial charge < -0.3 is 10.1 Å². The minimum atomic E-state index is -1.05. The first kappa shape index (κ1) is 20.1. The highest BCUT2D eigenvalue weighted by Crippen LogP contribution is 2.31. The number of likely N-dealkylation sites (tertiary alicyclic amines) is 1. The van der Waals surface area contributed by atoms with Gasteiger partial charge in [-0.1, -0.05) is 6.07 Å². The maximum Gasteiger partial charge on any atom is 0.411 e. The Morgan fingerprint density at radius 1 is 1.27 bits per heavy atom. The molecule has 1 aromatic rings. The Morgan fingerprint density at radius 3 is 2.50 bits per heavy atom. The Kier molecular flexibility index (Phi) is 5.58. The van der Waals surface area contributed by atoms with Gasteiger partial charge in [0.2, 0.25) is 5.91 Å². The molecule has 1 aliphatic heterocycles. The lowest BCUT2D eigenvalue weighted by molar-refractivity contribution is -0.131. The average Bonchev–Trinajstić information content (AvgIpc) is 2.91. The average molecular weight is 368 g/mol. The predicted octanol–water partition coefficient (Wildman–Crippen LogP) is 3.93. The van der Waals surface area contributed by atoms with Gasteiger partial charge in [0, 0.05) is 6.54 Å². The largest absolute Gasteiger partial charge is 0.444 e. The van der Waals surface area contributed by atoms with Crippen molar-refractivity contribution in [1.82, 2.24) is 10.2 Å². The van der Waals surface area contributed by atoms with Crippen molar-refractivity contribution in [2.45, 2.75) is 64.6 Å². The number of nitrogens with zero attached hydrogens (tertiary/aromatic N) is 1. The number of carbonyl (C=O) groups is 2. The molecule has 2 atom stereocenters. The van der Waals surface area contributed by atoms with Crippen LogP contribution in [0.1, 0.15) is 59.1 Å². The second kappa shape index (κ2) is 7.21. The highest BCUT2D eigenvalue weighted by atomic mass is 19.2. The van der Waals surface area contributed by atoms with Gasteiger partial charge in [0.1, 0.15) is 11.1 Å². The van der Waals surface area contributed by atoms with Gasteiger partial charge in [-0.2, -0.15) is 0 Å². The van der Waals surface area contributed by atoms with Crippen LogP contribution in [0.4, 0.5) is 13.6 Å². The molecule has 26 heavy (non-hydrogen) atoms. The van der Waals surface area contributed by atoms with Gasteiger partial charge in [-0.15, -0.1) is 0 Å². The van der Waals surface area contributed by atoms with Gasteiger partial charge in [-0.05, 0) is 65.2 Å². The SMILES string of the molecule is C[C@@H](NC(=O)[C@@]1(C)CCCN1C(=O)OC(C)(C)C)c1ccc(F)c(F)c1. The lowest BCUT2D eigenvalue weighted by Crippen LogP contribution is -2.56. The molecule has 1 saturated heterocycles. The van der Waals surface area contributed by atoms with Gasteiger partial charge in [0.15, 0.2) is 11.6 Å². The molecule has 1 fully saturated rings. The summed E-state index contributed by atoms with van der Waals surface area (Å²) >= 11 is 0. The Labute approximate surface area is 152 Å². The predicted molar refractivity (Wildman–Crippen MR) is 93.5 cm³/mol. The smallest absolute Gasteiger partial charge is 0.411 e. The molecule has 0 radical (unpaired) electrons. The van der Waals surface area contributed by atoms with Crippen LogP contribution in [-0.2, 0) is 9.53 Å². The molecule has 2 rings (SSSR count). The van der Waals surface area contributed by atoms with E-state index in [1.807, 2.05) is 0 Å². The van der Waals surface area contributed by atoms with E-state index in [2.05, 4.69) is 5.32 Å². The van der Waals surface area contributed by atoms with E-state index in [1.165, 1.54) is 11.0 Å². The van der Waals surface area contributed by atoms with Crippen LogP contribution in [0, 0.1) is 11.6 Å². The summed E-state index contributed by atoms with van der Waals surface area (Å²) in [6, 6.07) is 2.97. The number of hydrogen-bond donors (Lipinski definition) is 1. The second-order valence-electron chi connectivity index (χ2n) is 7.88. The van der Waals surface area contributed by atoms with E-state index < -0.39 is 34.9 Å². The number of ether oxygens (including phenoxy) is 1. The zero-order chi connectivity index (χ0) is 19.7. The fourth-order valence-electron chi connectivity index (χ4n) is 3.03. The van der Waals surface area contributed by atoms with Gasteiger partial charge in [0.05, 0.1) is 6.04 Å². The molecular weight excluding hydrogens is 342 g/mol. The van der Waals surface area contributed by atoms with Crippen molar-refractivity contribution >= 4 is 12.0 Å². The minimum Gasteiger partial charge on any atom is -0.444 e. The number of rotatable bonds is 3. The van der Waals surface area contributed by atoms with Crippen molar-refractivity contribution < 1.29 is 23.1 Å². The standard InChI is InChI=1S/C19H26F2N2O3/c1-12(13-7-8-14(20)15(21)11-13)22-16(24)19(5)9-6-10-23(19)17(25)26-18(2,3)4/h7-8,11-12H,6,9-10H2,1-5H3,(H,22,24)/t12-,19-/m1/s1. The summed E-state index contributed by atoms with van der Waals surface area (Å²) < 4.78 is 31.9. The maximum absolute atomic E-state index is 13.4. The maximum atomic E-state index is 13.4. The zero-order valence-corrected chi connectivity index (χ0v) is 15.9. The first-order valence-electron chi connectivity index (χ1n) is 8.70. The number of amides is 2. The summed E-state index contributed by atoms with van der Waals surface area (Å²) in [6.45, 7) is 9.10. The number of nitrogens with one attached hydrogen (secondary N) is 1. The number of halogens is 2. The third kappa shape index (κ3) is 4.31. The lowest BCUT2D eigenvalue weighted by atomic mass is 9.96. The van der Waals surface area contributed by atoms with E-state index in [0.29, 0.717) is 24.9 Å². The molecule has 0 aliphatic carbocycles. The van der Waals surface area contributed by atoms with E-state index in [1.54, 1.807) is 34.6 Å². The van der Waals surface area contributed by atoms with Gasteiger partial charge in [-0.25, -0.2) is 13.6 Å². The third-order valence-corrected chi connectivity index (χ3v) is 4.54. The second-order valence-corrected chi connectivity index (χ2v) is 7.88. The molecular formula is C19H26F2N2O3. The molecule has 1 aliphatic rings. The number of hydrogen-bond acceptors (Lipinski definition) is 3. The van der Waals surface area contributed by atoms with Crippen LogP contribution in [0.2, 0.25) is 0 Å². The normalized spacial score (nSPS) is 21.4. The molecule has 2 amide bonds. The number of benzene rings is 1. The minimum absolute atomic E-state index is 0.349. The molecule has 0 saturated carbocycles. The quantitative estimate of drug-likeness (QED) is 0.879. The van der Waals surface area contributed by atoms with Crippen molar-refractivity contribution in [2.75, 3.05) is 6.54 Å². The van der Waals surface area contributed by atoms with Crippen LogP contribution in [0.5, 0.6) is 0 Å². The highest BCUT2D eigenvalue weighted by Gasteiger charge is 2.47. The van der Waals surface area contributed by atoms with Crippen LogP contribution in [-0.4, -0.2) is 34.6 Å². The molecule has 1 heterocycles. The number of carbonyl (C=O) groups excluding carboxylic acids is 2. The van der Waals surface area contributed by atoms with Crippen LogP contribution in [0.3, 0.4) is 0 Å². The molecule has 1 N–H and O–H groups in total. The van der Waals surface area contributed by atoms with Gasteiger partial charge in [0.25, 0.3) is 0 Å². The monoisotopic (exact) mass is 368 g/mol. The molecule has 0 aromatic heterocycles. The molecule has 0 bridgehead atoms. The van der Waals surface area contributed by atoms with Crippen LogP contribution >= 0.6 is 0 Å². The molecule has 5 nitrogen and oxygen atoms in total. The summed E-state index contributed by atoms with van der Waals surface area (Å²) in [4.78, 5) is 26.7. The van der Waals surface area contributed by atoms with Crippen molar-refractivity contribution in [3.05, 3.63) is 35.4 Å². The van der Waals surface area contributed by atoms with E-state index in [-0.39, 0.29) is 5.91 Å². The Morgan fingerprint density at radius 2 is 1.92 bits per heavy atom. The van der Waals surface area contributed by atoms with E-state index in [0.717, 1.165) is 12.1 Å².